The Kier molecular flexibility index (Phi) is 3.26. The second-order valence-corrected chi connectivity index (χ2v) is 6.72. The van der Waals surface area contributed by atoms with Crippen LogP contribution in [0.4, 0.5) is 0 Å². The number of nitrogens with zero attached hydrogens (tertiary/aromatic N) is 2. The second-order valence-electron chi connectivity index (χ2n) is 6.28. The van der Waals surface area contributed by atoms with Crippen LogP contribution in [0.15, 0.2) is 18.5 Å². The summed E-state index contributed by atoms with van der Waals surface area (Å²) in [5, 5.41) is 7.86. The van der Waals surface area contributed by atoms with Crippen LogP contribution < -0.4 is 10.1 Å². The number of rotatable bonds is 4. The molecule has 3 heterocycles. The zero-order valence-electron chi connectivity index (χ0n) is 12.4. The fraction of sp³-hybridized carbons (Fsp3) is 0.500. The van der Waals surface area contributed by atoms with E-state index in [0.29, 0.717) is 23.9 Å². The topological polar surface area (TPSA) is 55.6 Å². The third kappa shape index (κ3) is 2.43. The van der Waals surface area contributed by atoms with Gasteiger partial charge in [-0.15, -0.1) is 0 Å². The molecule has 2 fully saturated rings. The predicted molar refractivity (Wildman–Crippen MR) is 83.4 cm³/mol. The molecule has 2 aliphatic rings. The largest absolute Gasteiger partial charge is 0.488 e. The van der Waals surface area contributed by atoms with Crippen LogP contribution in [0.1, 0.15) is 37.7 Å². The van der Waals surface area contributed by atoms with Gasteiger partial charge in [0.15, 0.2) is 0 Å². The lowest BCUT2D eigenvalue weighted by atomic mass is 10.0. The number of fused-ring (bicyclic) bond motifs is 1. The minimum absolute atomic E-state index is 0.0526. The van der Waals surface area contributed by atoms with Crippen molar-refractivity contribution in [2.45, 2.75) is 38.2 Å². The van der Waals surface area contributed by atoms with Gasteiger partial charge in [-0.1, -0.05) is 11.6 Å². The molecule has 1 aliphatic carbocycles. The van der Waals surface area contributed by atoms with Gasteiger partial charge in [-0.25, -0.2) is 4.52 Å². The minimum atomic E-state index is -0.0526. The van der Waals surface area contributed by atoms with Crippen LogP contribution in [0.3, 0.4) is 0 Å². The van der Waals surface area contributed by atoms with Crippen LogP contribution in [0, 0.1) is 5.92 Å². The maximum Gasteiger partial charge on any atom is 0.220 e. The van der Waals surface area contributed by atoms with Gasteiger partial charge in [0.2, 0.25) is 5.91 Å². The van der Waals surface area contributed by atoms with E-state index in [9.17, 15) is 4.79 Å². The molecule has 0 unspecified atom stereocenters. The van der Waals surface area contributed by atoms with E-state index in [1.54, 1.807) is 10.7 Å². The van der Waals surface area contributed by atoms with Crippen LogP contribution >= 0.6 is 11.6 Å². The summed E-state index contributed by atoms with van der Waals surface area (Å²) >= 11 is 6.19. The zero-order chi connectivity index (χ0) is 15.3. The summed E-state index contributed by atoms with van der Waals surface area (Å²) in [6, 6.07) is 1.85. The summed E-state index contributed by atoms with van der Waals surface area (Å²) in [6.45, 7) is 2.68. The summed E-state index contributed by atoms with van der Waals surface area (Å²) in [5.74, 6) is 1.64. The first-order valence-electron chi connectivity index (χ1n) is 7.72. The molecule has 0 spiro atoms. The molecule has 0 radical (unpaired) electrons. The van der Waals surface area contributed by atoms with E-state index >= 15 is 0 Å². The molecule has 1 N–H and O–H groups in total. The number of carbonyl (C=O) groups excluding carboxylic acids is 1. The molecule has 4 rings (SSSR count). The van der Waals surface area contributed by atoms with Gasteiger partial charge < -0.3 is 10.1 Å². The number of hydrogen-bond donors (Lipinski definition) is 1. The molecule has 1 aliphatic heterocycles. The van der Waals surface area contributed by atoms with E-state index in [1.165, 1.54) is 18.4 Å². The van der Waals surface area contributed by atoms with Gasteiger partial charge in [0.1, 0.15) is 17.4 Å². The van der Waals surface area contributed by atoms with Crippen LogP contribution in [-0.4, -0.2) is 28.2 Å². The van der Waals surface area contributed by atoms with Crippen molar-refractivity contribution in [2.75, 3.05) is 6.54 Å². The normalized spacial score (nSPS) is 22.8. The lowest BCUT2D eigenvalue weighted by Crippen LogP contribution is -2.25. The summed E-state index contributed by atoms with van der Waals surface area (Å²) in [4.78, 5) is 11.4. The van der Waals surface area contributed by atoms with E-state index in [-0.39, 0.29) is 17.9 Å². The van der Waals surface area contributed by atoms with Gasteiger partial charge in [0.25, 0.3) is 0 Å². The summed E-state index contributed by atoms with van der Waals surface area (Å²) in [7, 11) is 0. The van der Waals surface area contributed by atoms with Gasteiger partial charge in [0.05, 0.1) is 11.2 Å². The first-order chi connectivity index (χ1) is 10.6. The highest BCUT2D eigenvalue weighted by Crippen LogP contribution is 2.44. The summed E-state index contributed by atoms with van der Waals surface area (Å²) < 4.78 is 7.98. The standard InChI is InChI=1S/C16H18ClN3O2/c1-9(11-4-15(21)18-6-11)22-14-5-12(17)8-20-16(14)13(7-19-20)10-2-3-10/h5,7-11H,2-4,6H2,1H3,(H,18,21)/t9-,11-/m1/s1. The van der Waals surface area contributed by atoms with Crippen molar-refractivity contribution in [3.8, 4) is 5.75 Å². The van der Waals surface area contributed by atoms with Crippen molar-refractivity contribution in [2.24, 2.45) is 5.92 Å². The Balaban J connectivity index is 1.67. The number of halogens is 1. The van der Waals surface area contributed by atoms with Gasteiger partial charge in [-0.3, -0.25) is 4.79 Å². The number of carbonyl (C=O) groups is 1. The number of aromatic nitrogens is 2. The predicted octanol–water partition coefficient (Wildman–Crippen LogP) is 2.77. The second kappa shape index (κ2) is 5.16. The highest BCUT2D eigenvalue weighted by atomic mass is 35.5. The van der Waals surface area contributed by atoms with Gasteiger partial charge in [0, 0.05) is 36.7 Å². The van der Waals surface area contributed by atoms with Crippen molar-refractivity contribution < 1.29 is 9.53 Å². The monoisotopic (exact) mass is 319 g/mol. The fourth-order valence-electron chi connectivity index (χ4n) is 3.12. The van der Waals surface area contributed by atoms with Crippen molar-refractivity contribution in [3.63, 3.8) is 0 Å². The number of nitrogens with one attached hydrogen (secondary N) is 1. The quantitative estimate of drug-likeness (QED) is 0.942. The third-order valence-electron chi connectivity index (χ3n) is 4.57. The highest BCUT2D eigenvalue weighted by Gasteiger charge is 2.31. The molecule has 0 aromatic carbocycles. The molecule has 116 valence electrons. The van der Waals surface area contributed by atoms with E-state index in [4.69, 9.17) is 16.3 Å². The van der Waals surface area contributed by atoms with Crippen molar-refractivity contribution in [3.05, 3.63) is 29.0 Å². The first kappa shape index (κ1) is 13.9. The Labute approximate surface area is 133 Å². The van der Waals surface area contributed by atoms with E-state index in [2.05, 4.69) is 10.4 Å². The lowest BCUT2D eigenvalue weighted by Gasteiger charge is -2.20. The van der Waals surface area contributed by atoms with E-state index in [1.807, 2.05) is 19.2 Å². The molecule has 6 heteroatoms. The minimum Gasteiger partial charge on any atom is -0.488 e. The molecule has 2 aromatic heterocycles. The first-order valence-corrected chi connectivity index (χ1v) is 8.10. The molecule has 1 amide bonds. The molecule has 1 saturated heterocycles. The average Bonchev–Trinajstić information content (AvgIpc) is 3.08. The smallest absolute Gasteiger partial charge is 0.220 e. The number of ether oxygens (including phenoxy) is 1. The maximum absolute atomic E-state index is 11.4. The average molecular weight is 320 g/mol. The molecule has 22 heavy (non-hydrogen) atoms. The number of hydrogen-bond acceptors (Lipinski definition) is 3. The zero-order valence-corrected chi connectivity index (χ0v) is 13.1. The fourth-order valence-corrected chi connectivity index (χ4v) is 3.31. The van der Waals surface area contributed by atoms with E-state index in [0.717, 1.165) is 11.3 Å². The highest BCUT2D eigenvalue weighted by molar-refractivity contribution is 6.30. The summed E-state index contributed by atoms with van der Waals surface area (Å²) in [6.07, 6.45) is 6.61. The summed E-state index contributed by atoms with van der Waals surface area (Å²) in [5.41, 5.74) is 2.25. The molecule has 2 atom stereocenters. The molecule has 0 bridgehead atoms. The van der Waals surface area contributed by atoms with Crippen LogP contribution in [-0.2, 0) is 4.79 Å². The molecular weight excluding hydrogens is 302 g/mol. The Morgan fingerprint density at radius 1 is 1.50 bits per heavy atom. The van der Waals surface area contributed by atoms with Gasteiger partial charge in [-0.2, -0.15) is 5.10 Å². The Hall–Kier alpha value is -1.75. The van der Waals surface area contributed by atoms with Crippen LogP contribution in [0.2, 0.25) is 5.02 Å². The lowest BCUT2D eigenvalue weighted by molar-refractivity contribution is -0.119. The van der Waals surface area contributed by atoms with Gasteiger partial charge in [-0.05, 0) is 25.7 Å². The van der Waals surface area contributed by atoms with Crippen LogP contribution in [0.5, 0.6) is 5.75 Å². The maximum atomic E-state index is 11.4. The van der Waals surface area contributed by atoms with Crippen LogP contribution in [0.25, 0.3) is 5.52 Å². The number of amides is 1. The van der Waals surface area contributed by atoms with E-state index < -0.39 is 0 Å². The van der Waals surface area contributed by atoms with Crippen molar-refractivity contribution in [1.29, 1.82) is 0 Å². The molecular formula is C16H18ClN3O2. The molecule has 2 aromatic rings. The van der Waals surface area contributed by atoms with Gasteiger partial charge >= 0.3 is 0 Å². The molecule has 1 saturated carbocycles. The Morgan fingerprint density at radius 3 is 3.00 bits per heavy atom. The Bertz CT molecular complexity index is 738. The third-order valence-corrected chi connectivity index (χ3v) is 4.78. The number of pyridine rings is 1. The van der Waals surface area contributed by atoms with Crippen molar-refractivity contribution >= 4 is 23.0 Å². The molecule has 5 nitrogen and oxygen atoms in total. The SMILES string of the molecule is C[C@@H](Oc1cc(Cl)cn2ncc(C3CC3)c12)[C@H]1CNC(=O)C1. The Morgan fingerprint density at radius 2 is 2.32 bits per heavy atom. The van der Waals surface area contributed by atoms with Crippen molar-refractivity contribution in [1.82, 2.24) is 14.9 Å².